The smallest absolute Gasteiger partial charge is 0.283 e. The molecule has 0 saturated carbocycles. The number of rotatable bonds is 4. The molecule has 4 rings (SSSR count). The maximum absolute atomic E-state index is 12.3. The number of hydrogen-bond donors (Lipinski definition) is 1. The van der Waals surface area contributed by atoms with E-state index < -0.39 is 5.91 Å². The summed E-state index contributed by atoms with van der Waals surface area (Å²) in [5.74, 6) is 0.447. The molecule has 5 nitrogen and oxygen atoms in total. The number of amides is 1. The third-order valence-corrected chi connectivity index (χ3v) is 5.67. The van der Waals surface area contributed by atoms with E-state index in [1.807, 2.05) is 30.3 Å². The summed E-state index contributed by atoms with van der Waals surface area (Å²) < 4.78 is 6.67. The van der Waals surface area contributed by atoms with Crippen LogP contribution in [0, 0.1) is 12.3 Å². The summed E-state index contributed by atoms with van der Waals surface area (Å²) in [6.07, 6.45) is 3.42. The Morgan fingerprint density at radius 3 is 2.79 bits per heavy atom. The summed E-state index contributed by atoms with van der Waals surface area (Å²) in [5.41, 5.74) is 3.35. The van der Waals surface area contributed by atoms with Crippen LogP contribution in [-0.4, -0.2) is 21.8 Å². The molecule has 28 heavy (non-hydrogen) atoms. The minimum atomic E-state index is -0.400. The van der Waals surface area contributed by atoms with Crippen molar-refractivity contribution in [3.8, 4) is 5.75 Å². The van der Waals surface area contributed by atoms with E-state index in [9.17, 15) is 4.79 Å². The molecule has 0 bridgehead atoms. The topological polar surface area (TPSA) is 65.8 Å². The second-order valence-electron chi connectivity index (χ2n) is 6.34. The van der Waals surface area contributed by atoms with E-state index in [1.54, 1.807) is 22.6 Å². The van der Waals surface area contributed by atoms with Crippen molar-refractivity contribution in [1.82, 2.24) is 4.90 Å². The zero-order chi connectivity index (χ0) is 19.7. The lowest BCUT2D eigenvalue weighted by Gasteiger charge is -2.22. The Kier molecular flexibility index (Phi) is 5.19. The summed E-state index contributed by atoms with van der Waals surface area (Å²) in [6.45, 7) is 2.52. The largest absolute Gasteiger partial charge is 0.488 e. The molecule has 0 fully saturated rings. The first kappa shape index (κ1) is 18.7. The molecular weight excluding hydrogens is 438 g/mol. The Labute approximate surface area is 175 Å². The number of benzene rings is 2. The average molecular weight is 454 g/mol. The van der Waals surface area contributed by atoms with Crippen LogP contribution in [0.15, 0.2) is 69.1 Å². The predicted molar refractivity (Wildman–Crippen MR) is 116 cm³/mol. The molecule has 0 aromatic heterocycles. The van der Waals surface area contributed by atoms with Gasteiger partial charge in [-0.05, 0) is 57.6 Å². The molecule has 0 spiro atoms. The van der Waals surface area contributed by atoms with Gasteiger partial charge in [-0.2, -0.15) is 4.99 Å². The highest BCUT2D eigenvalue weighted by molar-refractivity contribution is 9.10. The number of fused-ring (bicyclic) bond motifs is 1. The van der Waals surface area contributed by atoms with Crippen LogP contribution >= 0.6 is 27.7 Å². The SMILES string of the molecule is Cc1ccc(COc2ccc(/C=C3/C(=N)N4C=CSC4=NC3=O)cc2Br)cc1. The lowest BCUT2D eigenvalue weighted by molar-refractivity contribution is -0.114. The van der Waals surface area contributed by atoms with Gasteiger partial charge in [0.25, 0.3) is 5.91 Å². The number of carbonyl (C=O) groups is 1. The van der Waals surface area contributed by atoms with Crippen LogP contribution in [0.5, 0.6) is 5.75 Å². The van der Waals surface area contributed by atoms with Crippen LogP contribution in [0.1, 0.15) is 16.7 Å². The molecule has 0 radical (unpaired) electrons. The number of hydrogen-bond acceptors (Lipinski definition) is 4. The lowest BCUT2D eigenvalue weighted by Crippen LogP contribution is -2.35. The van der Waals surface area contributed by atoms with Crippen LogP contribution in [0.2, 0.25) is 0 Å². The number of aryl methyl sites for hydroxylation is 1. The summed E-state index contributed by atoms with van der Waals surface area (Å²) in [5, 5.41) is 10.6. The van der Waals surface area contributed by atoms with Crippen molar-refractivity contribution in [2.75, 3.05) is 0 Å². The number of halogens is 1. The van der Waals surface area contributed by atoms with Crippen molar-refractivity contribution < 1.29 is 9.53 Å². The molecule has 1 N–H and O–H groups in total. The average Bonchev–Trinajstić information content (AvgIpc) is 3.14. The Hall–Kier alpha value is -2.64. The summed E-state index contributed by atoms with van der Waals surface area (Å²) in [4.78, 5) is 17.9. The van der Waals surface area contributed by atoms with Crippen molar-refractivity contribution in [1.29, 1.82) is 5.41 Å². The quantitative estimate of drug-likeness (QED) is 0.652. The second kappa shape index (κ2) is 7.77. The number of ether oxygens (including phenoxy) is 1. The van der Waals surface area contributed by atoms with E-state index in [2.05, 4.69) is 40.0 Å². The number of nitrogens with zero attached hydrogens (tertiary/aromatic N) is 2. The predicted octanol–water partition coefficient (Wildman–Crippen LogP) is 5.11. The van der Waals surface area contributed by atoms with Crippen LogP contribution in [-0.2, 0) is 11.4 Å². The van der Waals surface area contributed by atoms with Gasteiger partial charge >= 0.3 is 0 Å². The van der Waals surface area contributed by atoms with Gasteiger partial charge in [0, 0.05) is 6.20 Å². The van der Waals surface area contributed by atoms with E-state index in [0.717, 1.165) is 15.6 Å². The van der Waals surface area contributed by atoms with Crippen molar-refractivity contribution >= 4 is 50.7 Å². The fourth-order valence-electron chi connectivity index (χ4n) is 2.77. The van der Waals surface area contributed by atoms with Gasteiger partial charge in [-0.3, -0.25) is 15.1 Å². The fraction of sp³-hybridized carbons (Fsp3) is 0.0952. The van der Waals surface area contributed by atoms with Gasteiger partial charge in [0.15, 0.2) is 5.17 Å². The number of carbonyl (C=O) groups excluding carboxylic acids is 1. The van der Waals surface area contributed by atoms with E-state index in [1.165, 1.54) is 17.3 Å². The number of aliphatic imine (C=N–C) groups is 1. The molecule has 2 heterocycles. The van der Waals surface area contributed by atoms with Crippen LogP contribution in [0.3, 0.4) is 0 Å². The third kappa shape index (κ3) is 3.81. The van der Waals surface area contributed by atoms with E-state index in [4.69, 9.17) is 10.1 Å². The lowest BCUT2D eigenvalue weighted by atomic mass is 10.1. The molecule has 2 aliphatic rings. The first-order valence-electron chi connectivity index (χ1n) is 8.55. The highest BCUT2D eigenvalue weighted by atomic mass is 79.9. The minimum absolute atomic E-state index is 0.132. The molecule has 140 valence electrons. The first-order valence-corrected chi connectivity index (χ1v) is 10.2. The Morgan fingerprint density at radius 2 is 2.04 bits per heavy atom. The summed E-state index contributed by atoms with van der Waals surface area (Å²) in [6, 6.07) is 13.8. The zero-order valence-electron chi connectivity index (χ0n) is 15.0. The van der Waals surface area contributed by atoms with E-state index in [0.29, 0.717) is 17.5 Å². The van der Waals surface area contributed by atoms with Gasteiger partial charge in [0.2, 0.25) is 0 Å². The van der Waals surface area contributed by atoms with Gasteiger partial charge in [0.1, 0.15) is 18.2 Å². The van der Waals surface area contributed by atoms with Crippen molar-refractivity contribution in [3.63, 3.8) is 0 Å². The second-order valence-corrected chi connectivity index (χ2v) is 8.07. The van der Waals surface area contributed by atoms with Crippen LogP contribution in [0.4, 0.5) is 0 Å². The number of amidine groups is 2. The fourth-order valence-corrected chi connectivity index (χ4v) is 3.98. The van der Waals surface area contributed by atoms with Crippen molar-refractivity contribution in [2.24, 2.45) is 4.99 Å². The molecular formula is C21H16BrN3O2S. The Balaban J connectivity index is 1.52. The number of nitrogens with one attached hydrogen (secondary N) is 1. The molecule has 7 heteroatoms. The highest BCUT2D eigenvalue weighted by Gasteiger charge is 2.30. The molecule has 0 saturated heterocycles. The van der Waals surface area contributed by atoms with Gasteiger partial charge in [-0.1, -0.05) is 47.7 Å². The first-order chi connectivity index (χ1) is 13.5. The van der Waals surface area contributed by atoms with Crippen molar-refractivity contribution in [2.45, 2.75) is 13.5 Å². The monoisotopic (exact) mass is 453 g/mol. The molecule has 2 aromatic carbocycles. The molecule has 0 atom stereocenters. The molecule has 1 amide bonds. The molecule has 0 aliphatic carbocycles. The van der Waals surface area contributed by atoms with Gasteiger partial charge in [0.05, 0.1) is 10.0 Å². The maximum atomic E-state index is 12.3. The normalized spacial score (nSPS) is 17.1. The Bertz CT molecular complexity index is 1060. The summed E-state index contributed by atoms with van der Waals surface area (Å²) in [7, 11) is 0. The number of thioether (sulfide) groups is 1. The van der Waals surface area contributed by atoms with Gasteiger partial charge in [-0.25, -0.2) is 0 Å². The van der Waals surface area contributed by atoms with Gasteiger partial charge in [-0.15, -0.1) is 0 Å². The molecule has 2 aliphatic heterocycles. The summed E-state index contributed by atoms with van der Waals surface area (Å²) >= 11 is 4.86. The molecule has 0 unspecified atom stereocenters. The minimum Gasteiger partial charge on any atom is -0.488 e. The van der Waals surface area contributed by atoms with E-state index in [-0.39, 0.29) is 11.4 Å². The van der Waals surface area contributed by atoms with Crippen LogP contribution < -0.4 is 4.74 Å². The zero-order valence-corrected chi connectivity index (χ0v) is 17.4. The third-order valence-electron chi connectivity index (χ3n) is 4.29. The van der Waals surface area contributed by atoms with E-state index >= 15 is 0 Å². The van der Waals surface area contributed by atoms with Gasteiger partial charge < -0.3 is 4.74 Å². The standard InChI is InChI=1S/C21H16BrN3O2S/c1-13-2-4-14(5-3-13)12-27-18-7-6-15(11-17(18)22)10-16-19(23)25-8-9-28-21(25)24-20(16)26/h2-11,23H,12H2,1H3/b16-10-,23-19?. The van der Waals surface area contributed by atoms with Crippen molar-refractivity contribution in [3.05, 3.63) is 80.8 Å². The van der Waals surface area contributed by atoms with Crippen LogP contribution in [0.25, 0.3) is 6.08 Å². The highest BCUT2D eigenvalue weighted by Crippen LogP contribution is 2.30. The maximum Gasteiger partial charge on any atom is 0.283 e. The molecule has 2 aromatic rings. The Morgan fingerprint density at radius 1 is 1.25 bits per heavy atom.